The van der Waals surface area contributed by atoms with Crippen molar-refractivity contribution in [1.29, 1.82) is 0 Å². The van der Waals surface area contributed by atoms with E-state index in [1.54, 1.807) is 13.8 Å². The average Bonchev–Trinajstić information content (AvgIpc) is 1.83. The molecular weight excluding hydrogens is 162 g/mol. The van der Waals surface area contributed by atoms with Crippen molar-refractivity contribution in [2.75, 3.05) is 0 Å². The first-order chi connectivity index (χ1) is 5.35. The number of alkyl halides is 2. The zero-order valence-corrected chi connectivity index (χ0v) is 7.44. The van der Waals surface area contributed by atoms with Crippen LogP contribution in [0.15, 0.2) is 0 Å². The SMILES string of the molecule is CC(C)(C=O)CC1CC(F)(F)C1. The van der Waals surface area contributed by atoms with E-state index in [1.807, 2.05) is 0 Å². The van der Waals surface area contributed by atoms with Gasteiger partial charge in [-0.2, -0.15) is 0 Å². The van der Waals surface area contributed by atoms with Crippen LogP contribution in [-0.2, 0) is 4.79 Å². The first-order valence-corrected chi connectivity index (χ1v) is 4.19. The summed E-state index contributed by atoms with van der Waals surface area (Å²) in [5.41, 5.74) is -0.429. The van der Waals surface area contributed by atoms with Crippen LogP contribution in [0.5, 0.6) is 0 Å². The van der Waals surface area contributed by atoms with Crippen molar-refractivity contribution < 1.29 is 13.6 Å². The van der Waals surface area contributed by atoms with Gasteiger partial charge >= 0.3 is 0 Å². The van der Waals surface area contributed by atoms with Crippen molar-refractivity contribution in [2.24, 2.45) is 11.3 Å². The van der Waals surface area contributed by atoms with Gasteiger partial charge in [-0.1, -0.05) is 13.8 Å². The third-order valence-corrected chi connectivity index (χ3v) is 2.31. The maximum absolute atomic E-state index is 12.4. The molecule has 1 rings (SSSR count). The fourth-order valence-corrected chi connectivity index (χ4v) is 1.72. The van der Waals surface area contributed by atoms with Crippen LogP contribution in [-0.4, -0.2) is 12.2 Å². The van der Waals surface area contributed by atoms with Crippen molar-refractivity contribution in [2.45, 2.75) is 39.0 Å². The van der Waals surface area contributed by atoms with Crippen LogP contribution in [0.4, 0.5) is 8.78 Å². The van der Waals surface area contributed by atoms with Crippen LogP contribution in [0, 0.1) is 11.3 Å². The number of hydrogen-bond acceptors (Lipinski definition) is 1. The summed E-state index contributed by atoms with van der Waals surface area (Å²) in [6.45, 7) is 3.58. The van der Waals surface area contributed by atoms with Crippen molar-refractivity contribution in [1.82, 2.24) is 0 Å². The molecule has 0 N–H and O–H groups in total. The number of halogens is 2. The van der Waals surface area contributed by atoms with E-state index in [9.17, 15) is 13.6 Å². The van der Waals surface area contributed by atoms with Crippen molar-refractivity contribution in [3.8, 4) is 0 Å². The highest BCUT2D eigenvalue weighted by molar-refractivity contribution is 5.57. The summed E-state index contributed by atoms with van der Waals surface area (Å²) in [5.74, 6) is -2.41. The van der Waals surface area contributed by atoms with E-state index in [1.165, 1.54) is 0 Å². The molecule has 1 aliphatic carbocycles. The van der Waals surface area contributed by atoms with E-state index >= 15 is 0 Å². The van der Waals surface area contributed by atoms with Crippen LogP contribution in [0.3, 0.4) is 0 Å². The molecule has 12 heavy (non-hydrogen) atoms. The largest absolute Gasteiger partial charge is 0.303 e. The van der Waals surface area contributed by atoms with Gasteiger partial charge in [0.15, 0.2) is 0 Å². The van der Waals surface area contributed by atoms with Crippen molar-refractivity contribution in [3.63, 3.8) is 0 Å². The number of hydrogen-bond donors (Lipinski definition) is 0. The molecule has 0 aromatic carbocycles. The van der Waals surface area contributed by atoms with E-state index in [4.69, 9.17) is 0 Å². The van der Waals surface area contributed by atoms with E-state index in [0.29, 0.717) is 6.42 Å². The maximum Gasteiger partial charge on any atom is 0.248 e. The third-order valence-electron chi connectivity index (χ3n) is 2.31. The van der Waals surface area contributed by atoms with Gasteiger partial charge in [0.2, 0.25) is 5.92 Å². The van der Waals surface area contributed by atoms with Crippen molar-refractivity contribution >= 4 is 6.29 Å². The van der Waals surface area contributed by atoms with Gasteiger partial charge in [-0.3, -0.25) is 0 Å². The molecule has 0 unspecified atom stereocenters. The molecule has 0 atom stereocenters. The zero-order chi connectivity index (χ0) is 9.41. The number of carbonyl (C=O) groups is 1. The van der Waals surface area contributed by atoms with Gasteiger partial charge in [0, 0.05) is 18.3 Å². The minimum absolute atomic E-state index is 0.0374. The molecule has 0 radical (unpaired) electrons. The first kappa shape index (κ1) is 9.62. The molecule has 1 fully saturated rings. The zero-order valence-electron chi connectivity index (χ0n) is 7.44. The molecule has 70 valence electrons. The molecule has 1 nitrogen and oxygen atoms in total. The minimum atomic E-state index is -2.45. The normalized spacial score (nSPS) is 23.3. The van der Waals surface area contributed by atoms with E-state index in [0.717, 1.165) is 6.29 Å². The lowest BCUT2D eigenvalue weighted by molar-refractivity contribution is -0.129. The van der Waals surface area contributed by atoms with Crippen LogP contribution in [0.1, 0.15) is 33.1 Å². The van der Waals surface area contributed by atoms with Crippen LogP contribution < -0.4 is 0 Å². The molecule has 0 aromatic rings. The summed E-state index contributed by atoms with van der Waals surface area (Å²) in [7, 11) is 0. The predicted octanol–water partition coefficient (Wildman–Crippen LogP) is 2.65. The van der Waals surface area contributed by atoms with Crippen LogP contribution >= 0.6 is 0 Å². The second-order valence-electron chi connectivity index (χ2n) is 4.44. The molecule has 3 heteroatoms. The van der Waals surface area contributed by atoms with E-state index in [-0.39, 0.29) is 18.8 Å². The molecular formula is C9H14F2O. The van der Waals surface area contributed by atoms with Gasteiger partial charge in [0.05, 0.1) is 0 Å². The summed E-state index contributed by atoms with van der Waals surface area (Å²) < 4.78 is 24.8. The molecule has 0 aliphatic heterocycles. The lowest BCUT2D eigenvalue weighted by Gasteiger charge is -2.37. The Bertz CT molecular complexity index is 179. The summed E-state index contributed by atoms with van der Waals surface area (Å²) in [6, 6.07) is 0. The van der Waals surface area contributed by atoms with Gasteiger partial charge in [0.25, 0.3) is 0 Å². The highest BCUT2D eigenvalue weighted by Crippen LogP contribution is 2.46. The number of carbonyl (C=O) groups excluding carboxylic acids is 1. The van der Waals surface area contributed by atoms with Crippen LogP contribution in [0.25, 0.3) is 0 Å². The molecule has 0 spiro atoms. The smallest absolute Gasteiger partial charge is 0.248 e. The summed E-state index contributed by atoms with van der Waals surface area (Å²) in [4.78, 5) is 10.5. The van der Waals surface area contributed by atoms with Crippen LogP contribution in [0.2, 0.25) is 0 Å². The Hall–Kier alpha value is -0.470. The monoisotopic (exact) mass is 176 g/mol. The Morgan fingerprint density at radius 1 is 1.50 bits per heavy atom. The molecule has 1 saturated carbocycles. The van der Waals surface area contributed by atoms with Gasteiger partial charge in [-0.05, 0) is 12.3 Å². The molecule has 0 aromatic heterocycles. The number of rotatable bonds is 3. The fraction of sp³-hybridized carbons (Fsp3) is 0.889. The van der Waals surface area contributed by atoms with Gasteiger partial charge in [-0.15, -0.1) is 0 Å². The highest BCUT2D eigenvalue weighted by atomic mass is 19.3. The highest BCUT2D eigenvalue weighted by Gasteiger charge is 2.46. The summed E-state index contributed by atoms with van der Waals surface area (Å²) in [5, 5.41) is 0. The Morgan fingerprint density at radius 2 is 2.00 bits per heavy atom. The topological polar surface area (TPSA) is 17.1 Å². The predicted molar refractivity (Wildman–Crippen MR) is 42.1 cm³/mol. The van der Waals surface area contributed by atoms with Gasteiger partial charge < -0.3 is 4.79 Å². The molecule has 0 saturated heterocycles. The molecule has 1 aliphatic rings. The third kappa shape index (κ3) is 2.26. The van der Waals surface area contributed by atoms with Gasteiger partial charge in [-0.25, -0.2) is 8.78 Å². The lowest BCUT2D eigenvalue weighted by Crippen LogP contribution is -2.38. The maximum atomic E-state index is 12.4. The second-order valence-corrected chi connectivity index (χ2v) is 4.44. The van der Waals surface area contributed by atoms with E-state index in [2.05, 4.69) is 0 Å². The molecule has 0 amide bonds. The fourth-order valence-electron chi connectivity index (χ4n) is 1.72. The quantitative estimate of drug-likeness (QED) is 0.604. The number of aldehydes is 1. The molecule has 0 heterocycles. The summed E-state index contributed by atoms with van der Waals surface area (Å²) in [6.07, 6.45) is 1.37. The van der Waals surface area contributed by atoms with E-state index < -0.39 is 11.3 Å². The first-order valence-electron chi connectivity index (χ1n) is 4.19. The Balaban J connectivity index is 2.32. The summed E-state index contributed by atoms with van der Waals surface area (Å²) >= 11 is 0. The lowest BCUT2D eigenvalue weighted by atomic mass is 9.72. The standard InChI is InChI=1S/C9H14F2O/c1-8(2,6-12)3-7-4-9(10,11)5-7/h6-7H,3-5H2,1-2H3. The molecule has 0 bridgehead atoms. The Labute approximate surface area is 71.1 Å². The Morgan fingerprint density at radius 3 is 2.33 bits per heavy atom. The Kier molecular flexibility index (Phi) is 2.23. The van der Waals surface area contributed by atoms with Gasteiger partial charge in [0.1, 0.15) is 6.29 Å². The average molecular weight is 176 g/mol. The van der Waals surface area contributed by atoms with Crippen molar-refractivity contribution in [3.05, 3.63) is 0 Å². The second kappa shape index (κ2) is 2.79. The minimum Gasteiger partial charge on any atom is -0.303 e.